The lowest BCUT2D eigenvalue weighted by Gasteiger charge is -2.46. The van der Waals surface area contributed by atoms with E-state index in [4.69, 9.17) is 4.74 Å². The van der Waals surface area contributed by atoms with Crippen LogP contribution in [-0.4, -0.2) is 27.1 Å². The standard InChI is InChI=1S/C10H18NO3P/c1-7(12)14-8-5-9(2,3)11(13)10(4,15)6-8/h6,13H,5,15H2,1-4H3. The Morgan fingerprint density at radius 1 is 1.60 bits per heavy atom. The van der Waals surface area contributed by atoms with Crippen molar-refractivity contribution < 1.29 is 14.7 Å². The Kier molecular flexibility index (Phi) is 3.24. The predicted molar refractivity (Wildman–Crippen MR) is 60.3 cm³/mol. The fourth-order valence-corrected chi connectivity index (χ4v) is 2.38. The highest BCUT2D eigenvalue weighted by Crippen LogP contribution is 2.39. The first-order valence-corrected chi connectivity index (χ1v) is 5.41. The maximum Gasteiger partial charge on any atom is 0.307 e. The zero-order valence-corrected chi connectivity index (χ0v) is 10.7. The second kappa shape index (κ2) is 3.85. The SMILES string of the molecule is CC(=O)OC1=CC(C)(P)N(O)C(C)(C)C1. The highest BCUT2D eigenvalue weighted by atomic mass is 31.0. The normalized spacial score (nSPS) is 30.9. The van der Waals surface area contributed by atoms with E-state index in [0.717, 1.165) is 0 Å². The Balaban J connectivity index is 2.98. The average molecular weight is 231 g/mol. The summed E-state index contributed by atoms with van der Waals surface area (Å²) in [6.45, 7) is 7.00. The van der Waals surface area contributed by atoms with Crippen LogP contribution in [0.4, 0.5) is 0 Å². The maximum absolute atomic E-state index is 10.9. The van der Waals surface area contributed by atoms with Crippen LogP contribution >= 0.6 is 9.24 Å². The van der Waals surface area contributed by atoms with Crippen LogP contribution < -0.4 is 0 Å². The average Bonchev–Trinajstić information content (AvgIpc) is 1.97. The van der Waals surface area contributed by atoms with Crippen LogP contribution in [0.15, 0.2) is 11.8 Å². The van der Waals surface area contributed by atoms with Gasteiger partial charge in [-0.25, -0.2) is 0 Å². The molecule has 0 aromatic heterocycles. The lowest BCUT2D eigenvalue weighted by Crippen LogP contribution is -2.54. The minimum atomic E-state index is -0.605. The van der Waals surface area contributed by atoms with Gasteiger partial charge < -0.3 is 9.94 Å². The summed E-state index contributed by atoms with van der Waals surface area (Å²) in [5, 5.41) is 10.6. The molecule has 0 aromatic rings. The summed E-state index contributed by atoms with van der Waals surface area (Å²) >= 11 is 0. The van der Waals surface area contributed by atoms with Crippen LogP contribution in [-0.2, 0) is 9.53 Å². The molecular formula is C10H18NO3P. The number of carbonyl (C=O) groups excluding carboxylic acids is 1. The molecule has 1 rings (SSSR count). The van der Waals surface area contributed by atoms with Crippen LogP contribution in [0.1, 0.15) is 34.1 Å². The molecule has 0 aliphatic carbocycles. The molecule has 2 unspecified atom stereocenters. The third-order valence-electron chi connectivity index (χ3n) is 2.36. The molecule has 0 saturated carbocycles. The molecule has 15 heavy (non-hydrogen) atoms. The molecule has 1 aliphatic rings. The first-order chi connectivity index (χ1) is 6.65. The van der Waals surface area contributed by atoms with Gasteiger partial charge in [-0.2, -0.15) is 5.06 Å². The van der Waals surface area contributed by atoms with Crippen molar-refractivity contribution >= 4 is 15.2 Å². The minimum Gasteiger partial charge on any atom is -0.431 e. The van der Waals surface area contributed by atoms with E-state index in [1.165, 1.54) is 12.0 Å². The molecule has 2 atom stereocenters. The van der Waals surface area contributed by atoms with Crippen molar-refractivity contribution in [1.29, 1.82) is 0 Å². The zero-order valence-electron chi connectivity index (χ0n) is 9.57. The highest BCUT2D eigenvalue weighted by molar-refractivity contribution is 7.19. The molecule has 0 saturated heterocycles. The van der Waals surface area contributed by atoms with E-state index in [9.17, 15) is 10.0 Å². The van der Waals surface area contributed by atoms with Gasteiger partial charge in [0.25, 0.3) is 0 Å². The second-order valence-electron chi connectivity index (χ2n) is 4.73. The van der Waals surface area contributed by atoms with Crippen molar-refractivity contribution in [3.63, 3.8) is 0 Å². The van der Waals surface area contributed by atoms with Gasteiger partial charge in [-0.15, -0.1) is 9.24 Å². The van der Waals surface area contributed by atoms with Gasteiger partial charge in [0.05, 0.1) is 5.28 Å². The second-order valence-corrected chi connectivity index (χ2v) is 5.90. The van der Waals surface area contributed by atoms with Gasteiger partial charge in [0.1, 0.15) is 5.76 Å². The lowest BCUT2D eigenvalue weighted by atomic mass is 9.92. The van der Waals surface area contributed by atoms with E-state index in [0.29, 0.717) is 12.2 Å². The number of ether oxygens (including phenoxy) is 1. The molecule has 0 amide bonds. The van der Waals surface area contributed by atoms with E-state index < -0.39 is 10.8 Å². The summed E-state index contributed by atoms with van der Waals surface area (Å²) < 4.78 is 5.08. The number of hydroxylamine groups is 2. The van der Waals surface area contributed by atoms with Gasteiger partial charge in [0.2, 0.25) is 0 Å². The maximum atomic E-state index is 10.9. The fraction of sp³-hybridized carbons (Fsp3) is 0.700. The van der Waals surface area contributed by atoms with Crippen LogP contribution in [0.3, 0.4) is 0 Å². The monoisotopic (exact) mass is 231 g/mol. The first-order valence-electron chi connectivity index (χ1n) is 4.83. The quantitative estimate of drug-likeness (QED) is 0.553. The van der Waals surface area contributed by atoms with E-state index in [1.807, 2.05) is 20.8 Å². The van der Waals surface area contributed by atoms with Crippen molar-refractivity contribution in [2.75, 3.05) is 0 Å². The molecule has 4 nitrogen and oxygen atoms in total. The number of rotatable bonds is 1. The van der Waals surface area contributed by atoms with Crippen molar-refractivity contribution in [2.45, 2.75) is 44.9 Å². The Morgan fingerprint density at radius 3 is 2.53 bits per heavy atom. The zero-order chi connectivity index (χ0) is 11.9. The fourth-order valence-electron chi connectivity index (χ4n) is 1.84. The van der Waals surface area contributed by atoms with Crippen LogP contribution in [0, 0.1) is 0 Å². The molecule has 1 aliphatic heterocycles. The lowest BCUT2D eigenvalue weighted by molar-refractivity contribution is -0.197. The van der Waals surface area contributed by atoms with Crippen LogP contribution in [0.2, 0.25) is 0 Å². The molecule has 1 N–H and O–H groups in total. The van der Waals surface area contributed by atoms with Crippen molar-refractivity contribution in [1.82, 2.24) is 5.06 Å². The Bertz CT molecular complexity index is 310. The number of carbonyl (C=O) groups is 1. The minimum absolute atomic E-state index is 0.329. The summed E-state index contributed by atoms with van der Waals surface area (Å²) in [6.07, 6.45) is 2.25. The molecule has 0 aromatic carbocycles. The van der Waals surface area contributed by atoms with Crippen molar-refractivity contribution in [3.8, 4) is 0 Å². The van der Waals surface area contributed by atoms with Gasteiger partial charge in [-0.1, -0.05) is 0 Å². The molecule has 1 heterocycles. The summed E-state index contributed by atoms with van der Waals surface area (Å²) in [4.78, 5) is 10.9. The summed E-state index contributed by atoms with van der Waals surface area (Å²) in [7, 11) is 2.54. The van der Waals surface area contributed by atoms with Crippen LogP contribution in [0.5, 0.6) is 0 Å². The van der Waals surface area contributed by atoms with Crippen molar-refractivity contribution in [3.05, 3.63) is 11.8 Å². The summed E-state index contributed by atoms with van der Waals surface area (Å²) in [5.41, 5.74) is -0.448. The largest absolute Gasteiger partial charge is 0.431 e. The number of hydrogen-bond donors (Lipinski definition) is 1. The Hall–Kier alpha value is -0.440. The predicted octanol–water partition coefficient (Wildman–Crippen LogP) is 1.90. The Morgan fingerprint density at radius 2 is 2.13 bits per heavy atom. The number of esters is 1. The topological polar surface area (TPSA) is 49.8 Å². The summed E-state index contributed by atoms with van der Waals surface area (Å²) in [6, 6.07) is 0. The number of nitrogens with zero attached hydrogens (tertiary/aromatic N) is 1. The number of hydrogen-bond acceptors (Lipinski definition) is 4. The van der Waals surface area contributed by atoms with E-state index in [1.54, 1.807) is 6.08 Å². The third-order valence-corrected chi connectivity index (χ3v) is 2.78. The Labute approximate surface area is 92.4 Å². The van der Waals surface area contributed by atoms with Gasteiger partial charge in [-0.3, -0.25) is 4.79 Å². The molecule has 0 radical (unpaired) electrons. The molecular weight excluding hydrogens is 213 g/mol. The molecule has 0 fully saturated rings. The molecule has 0 bridgehead atoms. The molecule has 5 heteroatoms. The van der Waals surface area contributed by atoms with Crippen LogP contribution in [0.25, 0.3) is 0 Å². The highest BCUT2D eigenvalue weighted by Gasteiger charge is 2.41. The van der Waals surface area contributed by atoms with E-state index in [2.05, 4.69) is 9.24 Å². The van der Waals surface area contributed by atoms with Gasteiger partial charge in [0.15, 0.2) is 0 Å². The third kappa shape index (κ3) is 2.77. The van der Waals surface area contributed by atoms with Gasteiger partial charge in [-0.05, 0) is 26.8 Å². The van der Waals surface area contributed by atoms with Gasteiger partial charge >= 0.3 is 5.97 Å². The van der Waals surface area contributed by atoms with E-state index >= 15 is 0 Å². The smallest absolute Gasteiger partial charge is 0.307 e. The molecule has 0 spiro atoms. The van der Waals surface area contributed by atoms with E-state index in [-0.39, 0.29) is 5.97 Å². The first kappa shape index (κ1) is 12.6. The van der Waals surface area contributed by atoms with Gasteiger partial charge in [0, 0.05) is 18.9 Å². The summed E-state index contributed by atoms with van der Waals surface area (Å²) in [5.74, 6) is 0.277. The van der Waals surface area contributed by atoms with Crippen molar-refractivity contribution in [2.24, 2.45) is 0 Å². The molecule has 86 valence electrons.